The molecule has 164 valence electrons. The Morgan fingerprint density at radius 2 is 1.55 bits per heavy atom. The van der Waals surface area contributed by atoms with Crippen LogP contribution in [0.25, 0.3) is 10.9 Å². The number of benzene rings is 3. The Kier molecular flexibility index (Phi) is 6.04. The second-order valence-corrected chi connectivity index (χ2v) is 8.30. The maximum absolute atomic E-state index is 4.43. The molecule has 0 aliphatic carbocycles. The molecular weight excluding hydrogens is 406 g/mol. The number of nitrogens with one attached hydrogen (secondary N) is 4. The summed E-state index contributed by atoms with van der Waals surface area (Å²) in [6.07, 6.45) is 8.36. The van der Waals surface area contributed by atoms with Crippen molar-refractivity contribution in [1.82, 2.24) is 4.98 Å². The lowest BCUT2D eigenvalue weighted by Crippen LogP contribution is -3.04. The number of rotatable bonds is 7. The molecule has 1 atom stereocenters. The third-order valence-electron chi connectivity index (χ3n) is 5.74. The van der Waals surface area contributed by atoms with Gasteiger partial charge in [-0.1, -0.05) is 30.3 Å². The number of para-hydroxylation sites is 1. The zero-order valence-corrected chi connectivity index (χ0v) is 18.7. The Morgan fingerprint density at radius 3 is 2.33 bits per heavy atom. The summed E-state index contributed by atoms with van der Waals surface area (Å²) in [5.41, 5.74) is 7.68. The average Bonchev–Trinajstić information content (AvgIpc) is 2.86. The van der Waals surface area contributed by atoms with Crippen LogP contribution in [-0.4, -0.2) is 18.6 Å². The predicted molar refractivity (Wildman–Crippen MR) is 138 cm³/mol. The Hall–Kier alpha value is -4.09. The van der Waals surface area contributed by atoms with E-state index < -0.39 is 0 Å². The van der Waals surface area contributed by atoms with E-state index in [2.05, 4.69) is 101 Å². The second kappa shape index (κ2) is 9.59. The number of pyridine rings is 1. The summed E-state index contributed by atoms with van der Waals surface area (Å²) in [5.74, 6) is 0. The van der Waals surface area contributed by atoms with E-state index in [9.17, 15) is 0 Å². The fourth-order valence-corrected chi connectivity index (χ4v) is 3.84. The Morgan fingerprint density at radius 1 is 0.818 bits per heavy atom. The third kappa shape index (κ3) is 5.22. The lowest BCUT2D eigenvalue weighted by Gasteiger charge is -2.14. The smallest absolute Gasteiger partial charge is 0.102 e. The number of hydrogen-bond acceptors (Lipinski definition) is 4. The van der Waals surface area contributed by atoms with Crippen LogP contribution >= 0.6 is 0 Å². The molecule has 5 nitrogen and oxygen atoms in total. The van der Waals surface area contributed by atoms with E-state index in [-0.39, 0.29) is 0 Å². The van der Waals surface area contributed by atoms with Crippen LogP contribution in [0.5, 0.6) is 0 Å². The Balaban J connectivity index is 1.17. The maximum atomic E-state index is 4.43. The van der Waals surface area contributed by atoms with E-state index in [1.165, 1.54) is 10.5 Å². The van der Waals surface area contributed by atoms with E-state index in [0.717, 1.165) is 52.4 Å². The highest BCUT2D eigenvalue weighted by molar-refractivity contribution is 5.92. The highest BCUT2D eigenvalue weighted by atomic mass is 15.1. The molecule has 4 N–H and O–H groups in total. The van der Waals surface area contributed by atoms with Crippen molar-refractivity contribution in [2.75, 3.05) is 29.5 Å². The number of likely N-dealkylation sites (N-methyl/N-ethyl adjacent to an activating group) is 1. The van der Waals surface area contributed by atoms with Crippen molar-refractivity contribution in [2.45, 2.75) is 6.54 Å². The van der Waals surface area contributed by atoms with Gasteiger partial charge >= 0.3 is 0 Å². The van der Waals surface area contributed by atoms with Crippen LogP contribution in [0.3, 0.4) is 0 Å². The molecule has 3 aromatic carbocycles. The highest BCUT2D eigenvalue weighted by Gasteiger charge is 2.05. The minimum absolute atomic E-state index is 0.777. The molecule has 1 aromatic heterocycles. The third-order valence-corrected chi connectivity index (χ3v) is 5.74. The van der Waals surface area contributed by atoms with Crippen LogP contribution in [0.4, 0.5) is 22.7 Å². The largest absolute Gasteiger partial charge is 0.381 e. The average molecular weight is 435 g/mol. The first-order valence-corrected chi connectivity index (χ1v) is 11.2. The number of allylic oxidation sites excluding steroid dienone is 1. The topological polar surface area (TPSA) is 53.4 Å². The molecule has 1 aliphatic rings. The molecule has 33 heavy (non-hydrogen) atoms. The maximum Gasteiger partial charge on any atom is 0.102 e. The number of anilines is 4. The van der Waals surface area contributed by atoms with E-state index in [1.807, 2.05) is 30.5 Å². The van der Waals surface area contributed by atoms with E-state index >= 15 is 0 Å². The van der Waals surface area contributed by atoms with Gasteiger partial charge in [0.1, 0.15) is 6.54 Å². The van der Waals surface area contributed by atoms with Crippen molar-refractivity contribution >= 4 is 33.7 Å². The SMILES string of the molecule is C[NH+]1C=CC(Nc2ccc(CNc3ccc(Nc4ccnc5ccccc45)cc3)cc2)=CC1. The van der Waals surface area contributed by atoms with Gasteiger partial charge in [0.25, 0.3) is 0 Å². The van der Waals surface area contributed by atoms with Gasteiger partial charge in [0.05, 0.1) is 18.8 Å². The quantitative estimate of drug-likeness (QED) is 0.333. The Labute approximate surface area is 194 Å². The fraction of sp³-hybridized carbons (Fsp3) is 0.107. The molecule has 0 amide bonds. The van der Waals surface area contributed by atoms with Crippen LogP contribution in [0, 0.1) is 0 Å². The molecule has 0 fully saturated rings. The van der Waals surface area contributed by atoms with Gasteiger partial charge in [-0.15, -0.1) is 0 Å². The molecule has 0 saturated heterocycles. The van der Waals surface area contributed by atoms with Gasteiger partial charge in [0, 0.05) is 52.7 Å². The molecule has 4 aromatic rings. The molecular formula is C28H28N5+. The van der Waals surface area contributed by atoms with Crippen molar-refractivity contribution in [2.24, 2.45) is 0 Å². The minimum Gasteiger partial charge on any atom is -0.381 e. The summed E-state index contributed by atoms with van der Waals surface area (Å²) in [4.78, 5) is 5.81. The van der Waals surface area contributed by atoms with Gasteiger partial charge in [-0.05, 0) is 60.2 Å². The minimum atomic E-state index is 0.777. The van der Waals surface area contributed by atoms with Gasteiger partial charge in [-0.25, -0.2) is 0 Å². The molecule has 0 radical (unpaired) electrons. The van der Waals surface area contributed by atoms with Gasteiger partial charge in [-0.3, -0.25) is 4.98 Å². The normalized spacial score (nSPS) is 15.2. The van der Waals surface area contributed by atoms with Crippen LogP contribution in [0.1, 0.15) is 5.56 Å². The standard InChI is InChI=1S/C28H27N5/c1-33-18-15-25(16-19-33)31-23-8-6-21(7-9-23)20-30-22-10-12-24(13-11-22)32-28-14-17-29-27-5-3-2-4-26(27)28/h2-18,30-31H,19-20H2,1H3,(H,29,32)/p+1. The van der Waals surface area contributed by atoms with E-state index in [1.54, 1.807) is 0 Å². The molecule has 5 heteroatoms. The first-order valence-electron chi connectivity index (χ1n) is 11.2. The number of nitrogens with zero attached hydrogens (tertiary/aromatic N) is 1. The summed E-state index contributed by atoms with van der Waals surface area (Å²) in [6, 6.07) is 27.1. The molecule has 1 unspecified atom stereocenters. The van der Waals surface area contributed by atoms with Crippen LogP contribution < -0.4 is 20.9 Å². The second-order valence-electron chi connectivity index (χ2n) is 8.30. The fourth-order valence-electron chi connectivity index (χ4n) is 3.84. The van der Waals surface area contributed by atoms with Crippen LogP contribution in [0.2, 0.25) is 0 Å². The van der Waals surface area contributed by atoms with Gasteiger partial charge in [0.2, 0.25) is 0 Å². The molecule has 0 spiro atoms. The number of hydrogen-bond donors (Lipinski definition) is 4. The molecule has 5 rings (SSSR count). The lowest BCUT2D eigenvalue weighted by atomic mass is 10.1. The summed E-state index contributed by atoms with van der Waals surface area (Å²) < 4.78 is 0. The molecule has 1 aliphatic heterocycles. The summed E-state index contributed by atoms with van der Waals surface area (Å²) in [5, 5.41) is 11.6. The number of aromatic nitrogens is 1. The van der Waals surface area contributed by atoms with Crippen molar-refractivity contribution < 1.29 is 4.90 Å². The first kappa shape index (κ1) is 20.8. The lowest BCUT2D eigenvalue weighted by molar-refractivity contribution is -0.818. The summed E-state index contributed by atoms with van der Waals surface area (Å²) >= 11 is 0. The predicted octanol–water partition coefficient (Wildman–Crippen LogP) is 4.93. The van der Waals surface area contributed by atoms with Gasteiger partial charge in [0.15, 0.2) is 0 Å². The Bertz CT molecular complexity index is 1280. The number of fused-ring (bicyclic) bond motifs is 1. The van der Waals surface area contributed by atoms with Crippen molar-refractivity contribution in [3.63, 3.8) is 0 Å². The molecule has 0 saturated carbocycles. The van der Waals surface area contributed by atoms with Gasteiger partial charge < -0.3 is 20.9 Å². The summed E-state index contributed by atoms with van der Waals surface area (Å²) in [7, 11) is 2.15. The zero-order chi connectivity index (χ0) is 22.5. The monoisotopic (exact) mass is 434 g/mol. The highest BCUT2D eigenvalue weighted by Crippen LogP contribution is 2.25. The number of quaternary nitrogens is 1. The first-order chi connectivity index (χ1) is 16.2. The van der Waals surface area contributed by atoms with Crippen LogP contribution in [-0.2, 0) is 6.54 Å². The molecule has 2 heterocycles. The van der Waals surface area contributed by atoms with Crippen LogP contribution in [0.15, 0.2) is 109 Å². The zero-order valence-electron chi connectivity index (χ0n) is 18.7. The summed E-state index contributed by atoms with van der Waals surface area (Å²) in [6.45, 7) is 1.78. The van der Waals surface area contributed by atoms with E-state index in [4.69, 9.17) is 0 Å². The molecule has 0 bridgehead atoms. The van der Waals surface area contributed by atoms with Crippen molar-refractivity contribution in [1.29, 1.82) is 0 Å². The van der Waals surface area contributed by atoms with Crippen molar-refractivity contribution in [3.05, 3.63) is 115 Å². The van der Waals surface area contributed by atoms with E-state index in [0.29, 0.717) is 0 Å². The van der Waals surface area contributed by atoms with Crippen molar-refractivity contribution in [3.8, 4) is 0 Å². The van der Waals surface area contributed by atoms with Gasteiger partial charge in [-0.2, -0.15) is 0 Å².